The molecule has 5 nitrogen and oxygen atoms in total. The highest BCUT2D eigenvalue weighted by molar-refractivity contribution is 6.29. The third kappa shape index (κ3) is 2.51. The Labute approximate surface area is 120 Å². The van der Waals surface area contributed by atoms with Gasteiger partial charge in [0.15, 0.2) is 10.9 Å². The Morgan fingerprint density at radius 1 is 1.30 bits per heavy atom. The number of hydrogen-bond acceptors (Lipinski definition) is 5. The van der Waals surface area contributed by atoms with E-state index in [0.717, 1.165) is 18.4 Å². The molecule has 1 fully saturated rings. The van der Waals surface area contributed by atoms with Crippen LogP contribution in [0.5, 0.6) is 17.4 Å². The highest BCUT2D eigenvalue weighted by atomic mass is 35.5. The van der Waals surface area contributed by atoms with Crippen molar-refractivity contribution in [3.05, 3.63) is 40.5 Å². The van der Waals surface area contributed by atoms with Crippen LogP contribution in [-0.2, 0) is 0 Å². The van der Waals surface area contributed by atoms with Crippen molar-refractivity contribution in [2.45, 2.75) is 18.8 Å². The average Bonchev–Trinajstić information content (AvgIpc) is 3.26. The van der Waals surface area contributed by atoms with Crippen molar-refractivity contribution in [3.63, 3.8) is 0 Å². The van der Waals surface area contributed by atoms with E-state index in [9.17, 15) is 5.11 Å². The number of rotatable bonds is 3. The molecule has 0 amide bonds. The first-order chi connectivity index (χ1) is 9.67. The molecule has 2 aromatic rings. The fraction of sp³-hybridized carbons (Fsp3) is 0.214. The van der Waals surface area contributed by atoms with Crippen molar-refractivity contribution in [3.8, 4) is 23.4 Å². The first-order valence-electron chi connectivity index (χ1n) is 6.11. The topological polar surface area (TPSA) is 79.0 Å². The fourth-order valence-electron chi connectivity index (χ4n) is 1.95. The predicted octanol–water partition coefficient (Wildman–Crippen LogP) is 3.38. The molecule has 1 N–H and O–H groups in total. The zero-order chi connectivity index (χ0) is 14.1. The first-order valence-corrected chi connectivity index (χ1v) is 6.49. The molecule has 1 heterocycles. The molecular weight excluding hydrogens is 278 g/mol. The van der Waals surface area contributed by atoms with E-state index < -0.39 is 0 Å². The lowest BCUT2D eigenvalue weighted by Crippen LogP contribution is -1.95. The van der Waals surface area contributed by atoms with Crippen molar-refractivity contribution < 1.29 is 9.84 Å². The molecule has 0 radical (unpaired) electrons. The quantitative estimate of drug-likeness (QED) is 0.936. The van der Waals surface area contributed by atoms with Crippen molar-refractivity contribution in [2.24, 2.45) is 0 Å². The SMILES string of the molecule is N#Cc1ccc(C2CC2)c(Oc2nnc(Cl)cc2O)c1. The minimum atomic E-state index is -0.186. The van der Waals surface area contributed by atoms with Crippen LogP contribution in [0.25, 0.3) is 0 Å². The normalized spacial score (nSPS) is 13.8. The maximum Gasteiger partial charge on any atom is 0.281 e. The van der Waals surface area contributed by atoms with E-state index in [1.165, 1.54) is 6.07 Å². The molecule has 0 bridgehead atoms. The lowest BCUT2D eigenvalue weighted by atomic mass is 10.1. The summed E-state index contributed by atoms with van der Waals surface area (Å²) < 4.78 is 5.61. The summed E-state index contributed by atoms with van der Waals surface area (Å²) in [6.45, 7) is 0. The fourth-order valence-corrected chi connectivity index (χ4v) is 2.09. The van der Waals surface area contributed by atoms with Gasteiger partial charge < -0.3 is 9.84 Å². The van der Waals surface area contributed by atoms with Gasteiger partial charge in [-0.05, 0) is 36.5 Å². The van der Waals surface area contributed by atoms with E-state index in [0.29, 0.717) is 17.2 Å². The van der Waals surface area contributed by atoms with Gasteiger partial charge >= 0.3 is 0 Å². The van der Waals surface area contributed by atoms with Crippen LogP contribution in [0, 0.1) is 11.3 Å². The summed E-state index contributed by atoms with van der Waals surface area (Å²) in [6.07, 6.45) is 2.20. The summed E-state index contributed by atoms with van der Waals surface area (Å²) in [7, 11) is 0. The molecule has 1 saturated carbocycles. The highest BCUT2D eigenvalue weighted by Gasteiger charge is 2.27. The van der Waals surface area contributed by atoms with Gasteiger partial charge in [-0.15, -0.1) is 10.2 Å². The molecule has 0 spiro atoms. The lowest BCUT2D eigenvalue weighted by molar-refractivity contribution is 0.389. The maximum absolute atomic E-state index is 9.75. The molecular formula is C14H10ClN3O2. The third-order valence-corrected chi connectivity index (χ3v) is 3.26. The molecule has 0 saturated heterocycles. The Hall–Kier alpha value is -2.32. The van der Waals surface area contributed by atoms with Gasteiger partial charge in [0.2, 0.25) is 0 Å². The molecule has 1 aromatic heterocycles. The largest absolute Gasteiger partial charge is 0.503 e. The van der Waals surface area contributed by atoms with Gasteiger partial charge in [0.25, 0.3) is 5.88 Å². The Morgan fingerprint density at radius 2 is 2.10 bits per heavy atom. The number of halogens is 1. The second-order valence-electron chi connectivity index (χ2n) is 4.60. The van der Waals surface area contributed by atoms with Crippen LogP contribution in [0.3, 0.4) is 0 Å². The Balaban J connectivity index is 1.98. The van der Waals surface area contributed by atoms with Crippen molar-refractivity contribution in [2.75, 3.05) is 0 Å². The molecule has 1 aromatic carbocycles. The van der Waals surface area contributed by atoms with E-state index in [4.69, 9.17) is 21.6 Å². The molecule has 0 unspecified atom stereocenters. The second-order valence-corrected chi connectivity index (χ2v) is 4.99. The zero-order valence-corrected chi connectivity index (χ0v) is 11.1. The summed E-state index contributed by atoms with van der Waals surface area (Å²) >= 11 is 5.63. The van der Waals surface area contributed by atoms with Gasteiger partial charge in [-0.3, -0.25) is 0 Å². The number of aromatic nitrogens is 2. The van der Waals surface area contributed by atoms with Crippen LogP contribution in [0.4, 0.5) is 0 Å². The molecule has 6 heteroatoms. The minimum Gasteiger partial charge on any atom is -0.503 e. The van der Waals surface area contributed by atoms with E-state index in [1.807, 2.05) is 6.07 Å². The summed E-state index contributed by atoms with van der Waals surface area (Å²) in [5.41, 5.74) is 1.51. The molecule has 0 atom stereocenters. The van der Waals surface area contributed by atoms with Gasteiger partial charge in [-0.1, -0.05) is 17.7 Å². The van der Waals surface area contributed by atoms with Crippen molar-refractivity contribution in [1.82, 2.24) is 10.2 Å². The summed E-state index contributed by atoms with van der Waals surface area (Å²) in [6, 6.07) is 8.60. The van der Waals surface area contributed by atoms with Crippen molar-refractivity contribution in [1.29, 1.82) is 5.26 Å². The van der Waals surface area contributed by atoms with E-state index >= 15 is 0 Å². The molecule has 0 aliphatic heterocycles. The van der Waals surface area contributed by atoms with Gasteiger partial charge in [0.1, 0.15) is 5.75 Å². The Bertz CT molecular complexity index is 708. The Kier molecular flexibility index (Phi) is 3.17. The van der Waals surface area contributed by atoms with E-state index in [2.05, 4.69) is 16.3 Å². The standard InChI is InChI=1S/C14H10ClN3O2/c15-13-6-11(19)14(18-17-13)20-12-5-8(7-16)1-4-10(12)9-2-3-9/h1,4-6,9H,2-3H2,(H,17,19). The van der Waals surface area contributed by atoms with Gasteiger partial charge in [0.05, 0.1) is 11.6 Å². The lowest BCUT2D eigenvalue weighted by Gasteiger charge is -2.10. The highest BCUT2D eigenvalue weighted by Crippen LogP contribution is 2.45. The average molecular weight is 288 g/mol. The molecule has 1 aliphatic rings. The van der Waals surface area contributed by atoms with Crippen LogP contribution < -0.4 is 4.74 Å². The van der Waals surface area contributed by atoms with Crippen LogP contribution in [0.1, 0.15) is 29.9 Å². The number of aromatic hydroxyl groups is 1. The number of ether oxygens (including phenoxy) is 1. The second kappa shape index (κ2) is 4.99. The minimum absolute atomic E-state index is 0.0219. The zero-order valence-electron chi connectivity index (χ0n) is 10.4. The summed E-state index contributed by atoms with van der Waals surface area (Å²) in [5.74, 6) is 0.763. The van der Waals surface area contributed by atoms with E-state index in [-0.39, 0.29) is 16.8 Å². The summed E-state index contributed by atoms with van der Waals surface area (Å²) in [5, 5.41) is 26.1. The first kappa shape index (κ1) is 12.7. The van der Waals surface area contributed by atoms with Crippen molar-refractivity contribution >= 4 is 11.6 Å². The number of benzene rings is 1. The van der Waals surface area contributed by atoms with Gasteiger partial charge in [-0.25, -0.2) is 0 Å². The number of nitrogens with zero attached hydrogens (tertiary/aromatic N) is 3. The molecule has 20 heavy (non-hydrogen) atoms. The van der Waals surface area contributed by atoms with Gasteiger partial charge in [0, 0.05) is 6.07 Å². The Morgan fingerprint density at radius 3 is 2.75 bits per heavy atom. The summed E-state index contributed by atoms with van der Waals surface area (Å²) in [4.78, 5) is 0. The van der Waals surface area contributed by atoms with Crippen LogP contribution >= 0.6 is 11.6 Å². The third-order valence-electron chi connectivity index (χ3n) is 3.08. The van der Waals surface area contributed by atoms with Gasteiger partial charge in [-0.2, -0.15) is 5.26 Å². The monoisotopic (exact) mass is 287 g/mol. The predicted molar refractivity (Wildman–Crippen MR) is 71.9 cm³/mol. The van der Waals surface area contributed by atoms with Crippen LogP contribution in [-0.4, -0.2) is 15.3 Å². The van der Waals surface area contributed by atoms with E-state index in [1.54, 1.807) is 12.1 Å². The molecule has 1 aliphatic carbocycles. The molecule has 3 rings (SSSR count). The number of nitriles is 1. The van der Waals surface area contributed by atoms with Crippen LogP contribution in [0.15, 0.2) is 24.3 Å². The molecule has 100 valence electrons. The van der Waals surface area contributed by atoms with Crippen LogP contribution in [0.2, 0.25) is 5.15 Å². The number of hydrogen-bond donors (Lipinski definition) is 1. The smallest absolute Gasteiger partial charge is 0.281 e. The maximum atomic E-state index is 9.75.